The standard InChI is InChI=1S/C32H29F3N2O5/c33-32(34,35)25-14-12-24(13-15-25)29(38)31(40)37-26(30(36)39)17-23-11-16-27(41-19-21-7-3-1-4-8-21)28(18-23)42-20-22-9-5-2-6-10-22/h1-16,18,26,29,38H,17,19-20H2,(H2,36,39)(H,37,40)/t26-,29-/m0/s1. The number of ether oxygens (including phenoxy) is 2. The lowest BCUT2D eigenvalue weighted by molar-refractivity contribution is -0.137. The van der Waals surface area contributed by atoms with Crippen molar-refractivity contribution in [1.29, 1.82) is 0 Å². The second-order valence-corrected chi connectivity index (χ2v) is 9.52. The lowest BCUT2D eigenvalue weighted by Crippen LogP contribution is -2.47. The highest BCUT2D eigenvalue weighted by atomic mass is 19.4. The van der Waals surface area contributed by atoms with E-state index in [4.69, 9.17) is 15.2 Å². The highest BCUT2D eigenvalue weighted by Gasteiger charge is 2.31. The van der Waals surface area contributed by atoms with Crippen LogP contribution >= 0.6 is 0 Å². The van der Waals surface area contributed by atoms with Crippen molar-refractivity contribution in [3.8, 4) is 11.5 Å². The van der Waals surface area contributed by atoms with E-state index in [0.29, 0.717) is 23.7 Å². The number of halogens is 3. The van der Waals surface area contributed by atoms with Crippen LogP contribution in [0.3, 0.4) is 0 Å². The molecule has 10 heteroatoms. The summed E-state index contributed by atoms with van der Waals surface area (Å²) in [5, 5.41) is 12.8. The number of aliphatic hydroxyl groups is 1. The van der Waals surface area contributed by atoms with E-state index < -0.39 is 35.7 Å². The number of aliphatic hydroxyl groups excluding tert-OH is 1. The first-order valence-corrected chi connectivity index (χ1v) is 13.0. The summed E-state index contributed by atoms with van der Waals surface area (Å²) < 4.78 is 50.6. The Bertz CT molecular complexity index is 1480. The first-order chi connectivity index (χ1) is 20.1. The van der Waals surface area contributed by atoms with Crippen molar-refractivity contribution in [3.05, 3.63) is 131 Å². The van der Waals surface area contributed by atoms with Gasteiger partial charge in [-0.1, -0.05) is 78.9 Å². The summed E-state index contributed by atoms with van der Waals surface area (Å²) in [6.07, 6.45) is -6.41. The Morgan fingerprint density at radius 2 is 1.31 bits per heavy atom. The number of nitrogens with one attached hydrogen (secondary N) is 1. The molecule has 0 spiro atoms. The average Bonchev–Trinajstić information content (AvgIpc) is 2.99. The fourth-order valence-electron chi connectivity index (χ4n) is 4.10. The normalized spacial score (nSPS) is 12.7. The van der Waals surface area contributed by atoms with Gasteiger partial charge in [0.2, 0.25) is 5.91 Å². The second kappa shape index (κ2) is 13.7. The van der Waals surface area contributed by atoms with E-state index in [1.165, 1.54) is 0 Å². The van der Waals surface area contributed by atoms with Gasteiger partial charge in [0.25, 0.3) is 5.91 Å². The summed E-state index contributed by atoms with van der Waals surface area (Å²) in [7, 11) is 0. The summed E-state index contributed by atoms with van der Waals surface area (Å²) in [5.41, 5.74) is 7.01. The van der Waals surface area contributed by atoms with Crippen molar-refractivity contribution < 1.29 is 37.3 Å². The molecule has 42 heavy (non-hydrogen) atoms. The Morgan fingerprint density at radius 3 is 1.83 bits per heavy atom. The first-order valence-electron chi connectivity index (χ1n) is 13.0. The lowest BCUT2D eigenvalue weighted by atomic mass is 10.0. The summed E-state index contributed by atoms with van der Waals surface area (Å²) in [6, 6.07) is 26.4. The predicted molar refractivity (Wildman–Crippen MR) is 149 cm³/mol. The van der Waals surface area contributed by atoms with E-state index in [-0.39, 0.29) is 18.6 Å². The molecule has 0 saturated heterocycles. The SMILES string of the molecule is NC(=O)[C@H](Cc1ccc(OCc2ccccc2)c(OCc2ccccc2)c1)NC(=O)[C@@H](O)c1ccc(C(F)(F)F)cc1. The number of alkyl halides is 3. The molecule has 0 aromatic heterocycles. The van der Waals surface area contributed by atoms with E-state index >= 15 is 0 Å². The molecule has 4 rings (SSSR count). The van der Waals surface area contributed by atoms with Crippen LogP contribution in [0.25, 0.3) is 0 Å². The maximum Gasteiger partial charge on any atom is 0.416 e. The van der Waals surface area contributed by atoms with Crippen LogP contribution in [0.2, 0.25) is 0 Å². The minimum atomic E-state index is -4.56. The molecule has 0 aliphatic heterocycles. The molecule has 0 saturated carbocycles. The Hall–Kier alpha value is -4.83. The van der Waals surface area contributed by atoms with Crippen LogP contribution in [0, 0.1) is 0 Å². The maximum absolute atomic E-state index is 12.8. The topological polar surface area (TPSA) is 111 Å². The van der Waals surface area contributed by atoms with E-state index in [2.05, 4.69) is 5.32 Å². The molecule has 0 fully saturated rings. The molecule has 7 nitrogen and oxygen atoms in total. The van der Waals surface area contributed by atoms with Crippen LogP contribution in [0.5, 0.6) is 11.5 Å². The highest BCUT2D eigenvalue weighted by Crippen LogP contribution is 2.31. The van der Waals surface area contributed by atoms with Crippen molar-refractivity contribution in [3.63, 3.8) is 0 Å². The molecular weight excluding hydrogens is 549 g/mol. The van der Waals surface area contributed by atoms with E-state index in [9.17, 15) is 27.9 Å². The molecule has 4 aromatic rings. The summed E-state index contributed by atoms with van der Waals surface area (Å²) in [4.78, 5) is 24.9. The molecule has 0 aliphatic carbocycles. The minimum absolute atomic E-state index is 0.0402. The number of hydrogen-bond acceptors (Lipinski definition) is 5. The van der Waals surface area contributed by atoms with E-state index in [0.717, 1.165) is 35.4 Å². The number of carbonyl (C=O) groups is 2. The van der Waals surface area contributed by atoms with Gasteiger partial charge >= 0.3 is 6.18 Å². The third-order valence-corrected chi connectivity index (χ3v) is 6.38. The van der Waals surface area contributed by atoms with Gasteiger partial charge in [0.05, 0.1) is 5.56 Å². The van der Waals surface area contributed by atoms with Crippen molar-refractivity contribution >= 4 is 11.8 Å². The fraction of sp³-hybridized carbons (Fsp3) is 0.188. The van der Waals surface area contributed by atoms with Gasteiger partial charge in [0.1, 0.15) is 19.3 Å². The fourth-order valence-corrected chi connectivity index (χ4v) is 4.10. The lowest BCUT2D eigenvalue weighted by Gasteiger charge is -2.20. The molecule has 2 atom stereocenters. The predicted octanol–water partition coefficient (Wildman–Crippen LogP) is 5.11. The van der Waals surface area contributed by atoms with Crippen molar-refractivity contribution in [2.24, 2.45) is 5.73 Å². The molecule has 0 radical (unpaired) electrons. The summed E-state index contributed by atoms with van der Waals surface area (Å²) in [5.74, 6) is -0.969. The van der Waals surface area contributed by atoms with Crippen LogP contribution < -0.4 is 20.5 Å². The van der Waals surface area contributed by atoms with E-state index in [1.54, 1.807) is 18.2 Å². The van der Waals surface area contributed by atoms with Gasteiger partial charge in [0.15, 0.2) is 17.6 Å². The Balaban J connectivity index is 1.48. The molecule has 218 valence electrons. The number of rotatable bonds is 12. The molecule has 4 aromatic carbocycles. The van der Waals surface area contributed by atoms with Crippen LogP contribution in [-0.4, -0.2) is 23.0 Å². The smallest absolute Gasteiger partial charge is 0.416 e. The van der Waals surface area contributed by atoms with Gasteiger partial charge in [-0.25, -0.2) is 0 Å². The van der Waals surface area contributed by atoms with Gasteiger partial charge in [-0.05, 0) is 46.5 Å². The van der Waals surface area contributed by atoms with Gasteiger partial charge < -0.3 is 25.6 Å². The zero-order valence-corrected chi connectivity index (χ0v) is 22.4. The summed E-state index contributed by atoms with van der Waals surface area (Å²) >= 11 is 0. The maximum atomic E-state index is 12.8. The zero-order chi connectivity index (χ0) is 30.1. The summed E-state index contributed by atoms with van der Waals surface area (Å²) in [6.45, 7) is 0.547. The highest BCUT2D eigenvalue weighted by molar-refractivity contribution is 5.89. The van der Waals surface area contributed by atoms with Gasteiger partial charge in [-0.3, -0.25) is 9.59 Å². The number of amides is 2. The Kier molecular flexibility index (Phi) is 9.82. The molecule has 0 aliphatic rings. The van der Waals surface area contributed by atoms with Crippen molar-refractivity contribution in [1.82, 2.24) is 5.32 Å². The molecule has 2 amide bonds. The van der Waals surface area contributed by atoms with Gasteiger partial charge in [-0.2, -0.15) is 13.2 Å². The molecule has 0 heterocycles. The second-order valence-electron chi connectivity index (χ2n) is 9.52. The third-order valence-electron chi connectivity index (χ3n) is 6.38. The number of hydrogen-bond donors (Lipinski definition) is 3. The van der Waals surface area contributed by atoms with Crippen molar-refractivity contribution in [2.45, 2.75) is 38.0 Å². The first kappa shape index (κ1) is 30.1. The van der Waals surface area contributed by atoms with Crippen LogP contribution in [0.15, 0.2) is 103 Å². The molecular formula is C32H29F3N2O5. The molecule has 4 N–H and O–H groups in total. The Labute approximate surface area is 240 Å². The van der Waals surface area contributed by atoms with Crippen LogP contribution in [0.1, 0.15) is 33.9 Å². The van der Waals surface area contributed by atoms with Gasteiger partial charge in [-0.15, -0.1) is 0 Å². The number of carbonyl (C=O) groups excluding carboxylic acids is 2. The third kappa shape index (κ3) is 8.34. The molecule has 0 bridgehead atoms. The van der Waals surface area contributed by atoms with Crippen LogP contribution in [-0.2, 0) is 35.4 Å². The average molecular weight is 579 g/mol. The van der Waals surface area contributed by atoms with Crippen LogP contribution in [0.4, 0.5) is 13.2 Å². The zero-order valence-electron chi connectivity index (χ0n) is 22.4. The van der Waals surface area contributed by atoms with Crippen molar-refractivity contribution in [2.75, 3.05) is 0 Å². The Morgan fingerprint density at radius 1 is 0.762 bits per heavy atom. The largest absolute Gasteiger partial charge is 0.485 e. The quantitative estimate of drug-likeness (QED) is 0.216. The van der Waals surface area contributed by atoms with Gasteiger partial charge in [0, 0.05) is 6.42 Å². The molecule has 0 unspecified atom stereocenters. The number of primary amides is 1. The minimum Gasteiger partial charge on any atom is -0.485 e. The number of benzene rings is 4. The monoisotopic (exact) mass is 578 g/mol. The van der Waals surface area contributed by atoms with E-state index in [1.807, 2.05) is 60.7 Å². The number of nitrogens with two attached hydrogens (primary N) is 1.